The Morgan fingerprint density at radius 3 is 2.59 bits per heavy atom. The van der Waals surface area contributed by atoms with Gasteiger partial charge in [-0.2, -0.15) is 0 Å². The smallest absolute Gasteiger partial charge is 0.341 e. The van der Waals surface area contributed by atoms with E-state index in [4.69, 9.17) is 9.84 Å². The lowest BCUT2D eigenvalue weighted by atomic mass is 9.99. The van der Waals surface area contributed by atoms with Gasteiger partial charge in [-0.3, -0.25) is 9.59 Å². The topological polar surface area (TPSA) is 95.9 Å². The molecule has 0 aliphatic carbocycles. The molecular weight excluding hydrogens is 348 g/mol. The van der Waals surface area contributed by atoms with Crippen LogP contribution in [-0.2, 0) is 14.4 Å². The largest absolute Gasteiger partial charge is 0.482 e. The van der Waals surface area contributed by atoms with Crippen LogP contribution in [0.3, 0.4) is 0 Å². The van der Waals surface area contributed by atoms with E-state index in [2.05, 4.69) is 5.32 Å². The molecule has 0 saturated carbocycles. The van der Waals surface area contributed by atoms with Crippen LogP contribution in [0.1, 0.15) is 57.6 Å². The summed E-state index contributed by atoms with van der Waals surface area (Å²) in [6, 6.07) is 6.32. The minimum atomic E-state index is -1.03. The Labute approximate surface area is 159 Å². The Hall–Kier alpha value is -2.57. The van der Waals surface area contributed by atoms with Crippen molar-refractivity contribution in [2.45, 2.75) is 58.0 Å². The maximum absolute atomic E-state index is 12.8. The summed E-state index contributed by atoms with van der Waals surface area (Å²) in [7, 11) is 0. The van der Waals surface area contributed by atoms with Crippen LogP contribution in [0, 0.1) is 0 Å². The average Bonchev–Trinajstić information content (AvgIpc) is 2.66. The maximum atomic E-state index is 12.8. The van der Waals surface area contributed by atoms with Gasteiger partial charge in [-0.15, -0.1) is 0 Å². The van der Waals surface area contributed by atoms with Gasteiger partial charge < -0.3 is 20.1 Å². The minimum Gasteiger partial charge on any atom is -0.482 e. The molecule has 27 heavy (non-hydrogen) atoms. The second kappa shape index (κ2) is 9.94. The van der Waals surface area contributed by atoms with Crippen LogP contribution in [0.2, 0.25) is 0 Å². The summed E-state index contributed by atoms with van der Waals surface area (Å²) in [5.41, 5.74) is 0.883. The first kappa shape index (κ1) is 20.7. The third-order valence-corrected chi connectivity index (χ3v) is 4.69. The fraction of sp³-hybridized carbons (Fsp3) is 0.550. The van der Waals surface area contributed by atoms with Crippen LogP contribution < -0.4 is 10.1 Å². The normalized spacial score (nSPS) is 17.9. The number of likely N-dealkylation sites (tertiary alicyclic amines) is 1. The third kappa shape index (κ3) is 5.98. The first-order chi connectivity index (χ1) is 12.9. The van der Waals surface area contributed by atoms with Gasteiger partial charge in [0.25, 0.3) is 0 Å². The van der Waals surface area contributed by atoms with E-state index in [9.17, 15) is 14.4 Å². The second-order valence-electron chi connectivity index (χ2n) is 6.83. The molecular formula is C20H28N2O5. The molecule has 0 aromatic heterocycles. The van der Waals surface area contributed by atoms with Gasteiger partial charge in [-0.25, -0.2) is 4.79 Å². The number of aliphatic carboxylic acids is 1. The van der Waals surface area contributed by atoms with E-state index in [1.54, 1.807) is 29.2 Å². The number of benzene rings is 1. The summed E-state index contributed by atoms with van der Waals surface area (Å²) in [6.45, 7) is 4.09. The summed E-state index contributed by atoms with van der Waals surface area (Å²) in [5.74, 6) is -0.652. The molecule has 1 fully saturated rings. The standard InChI is InChI=1S/C20H28N2O5/c1-3-6-18(23)22-12-5-4-7-17(22)20(26)21-14(2)15-8-10-16(11-9-15)27-13-19(24)25/h8-11,14,17H,3-7,12-13H2,1-2H3,(H,21,26)(H,24,25). The molecule has 1 saturated heterocycles. The summed E-state index contributed by atoms with van der Waals surface area (Å²) in [6.07, 6.45) is 3.81. The molecule has 2 amide bonds. The molecule has 1 aromatic rings. The van der Waals surface area contributed by atoms with Gasteiger partial charge in [0.1, 0.15) is 11.8 Å². The fourth-order valence-electron chi connectivity index (χ4n) is 3.25. The van der Waals surface area contributed by atoms with Crippen LogP contribution in [-0.4, -0.2) is 47.0 Å². The van der Waals surface area contributed by atoms with Crippen molar-refractivity contribution >= 4 is 17.8 Å². The Kier molecular flexibility index (Phi) is 7.64. The quantitative estimate of drug-likeness (QED) is 0.727. The number of nitrogens with one attached hydrogen (secondary N) is 1. The van der Waals surface area contributed by atoms with Crippen LogP contribution >= 0.6 is 0 Å². The molecule has 0 bridgehead atoms. The van der Waals surface area contributed by atoms with Crippen LogP contribution in [0.15, 0.2) is 24.3 Å². The molecule has 0 spiro atoms. The highest BCUT2D eigenvalue weighted by molar-refractivity contribution is 5.88. The Morgan fingerprint density at radius 2 is 1.96 bits per heavy atom. The number of carbonyl (C=O) groups is 3. The van der Waals surface area contributed by atoms with E-state index in [1.807, 2.05) is 13.8 Å². The summed E-state index contributed by atoms with van der Waals surface area (Å²) >= 11 is 0. The predicted molar refractivity (Wildman–Crippen MR) is 100 cm³/mol. The molecule has 2 atom stereocenters. The average molecular weight is 376 g/mol. The van der Waals surface area contributed by atoms with Crippen LogP contribution in [0.25, 0.3) is 0 Å². The second-order valence-corrected chi connectivity index (χ2v) is 6.83. The fourth-order valence-corrected chi connectivity index (χ4v) is 3.25. The zero-order valence-electron chi connectivity index (χ0n) is 15.9. The van der Waals surface area contributed by atoms with E-state index in [0.29, 0.717) is 25.1 Å². The van der Waals surface area contributed by atoms with Crippen molar-refractivity contribution in [3.05, 3.63) is 29.8 Å². The molecule has 1 aromatic carbocycles. The number of hydrogen-bond acceptors (Lipinski definition) is 4. The lowest BCUT2D eigenvalue weighted by Crippen LogP contribution is -2.52. The highest BCUT2D eigenvalue weighted by atomic mass is 16.5. The van der Waals surface area contributed by atoms with E-state index in [1.165, 1.54) is 0 Å². The van der Waals surface area contributed by atoms with Crippen molar-refractivity contribution in [3.8, 4) is 5.75 Å². The zero-order valence-corrected chi connectivity index (χ0v) is 15.9. The van der Waals surface area contributed by atoms with Gasteiger partial charge in [0.05, 0.1) is 6.04 Å². The van der Waals surface area contributed by atoms with Crippen molar-refractivity contribution in [3.63, 3.8) is 0 Å². The molecule has 0 radical (unpaired) electrons. The van der Waals surface area contributed by atoms with E-state index in [-0.39, 0.29) is 17.9 Å². The number of piperidine rings is 1. The number of ether oxygens (including phenoxy) is 1. The number of carboxylic acid groups (broad SMARTS) is 1. The van der Waals surface area contributed by atoms with Gasteiger partial charge in [0.2, 0.25) is 11.8 Å². The van der Waals surface area contributed by atoms with Gasteiger partial charge in [-0.1, -0.05) is 19.1 Å². The Morgan fingerprint density at radius 1 is 1.26 bits per heavy atom. The predicted octanol–water partition coefficient (Wildman–Crippen LogP) is 2.51. The Bertz CT molecular complexity index is 659. The van der Waals surface area contributed by atoms with Gasteiger partial charge in [0.15, 0.2) is 6.61 Å². The summed E-state index contributed by atoms with van der Waals surface area (Å²) in [4.78, 5) is 37.3. The minimum absolute atomic E-state index is 0.0462. The molecule has 1 aliphatic heterocycles. The van der Waals surface area contributed by atoms with Gasteiger partial charge in [0, 0.05) is 13.0 Å². The third-order valence-electron chi connectivity index (χ3n) is 4.69. The van der Waals surface area contributed by atoms with Crippen molar-refractivity contribution in [2.75, 3.05) is 13.2 Å². The summed E-state index contributed by atoms with van der Waals surface area (Å²) in [5, 5.41) is 11.6. The van der Waals surface area contributed by atoms with E-state index in [0.717, 1.165) is 24.8 Å². The van der Waals surface area contributed by atoms with Crippen molar-refractivity contribution in [1.29, 1.82) is 0 Å². The molecule has 1 aliphatic rings. The van der Waals surface area contributed by atoms with Crippen LogP contribution in [0.4, 0.5) is 0 Å². The number of hydrogen-bond donors (Lipinski definition) is 2. The first-order valence-corrected chi connectivity index (χ1v) is 9.46. The summed E-state index contributed by atoms with van der Waals surface area (Å²) < 4.78 is 5.11. The highest BCUT2D eigenvalue weighted by Crippen LogP contribution is 2.21. The molecule has 7 nitrogen and oxygen atoms in total. The van der Waals surface area contributed by atoms with E-state index >= 15 is 0 Å². The molecule has 7 heteroatoms. The van der Waals surface area contributed by atoms with Crippen LogP contribution in [0.5, 0.6) is 5.75 Å². The lowest BCUT2D eigenvalue weighted by Gasteiger charge is -2.35. The molecule has 2 N–H and O–H groups in total. The number of nitrogens with zero attached hydrogens (tertiary/aromatic N) is 1. The van der Waals surface area contributed by atoms with Crippen molar-refractivity contribution < 1.29 is 24.2 Å². The van der Waals surface area contributed by atoms with E-state index < -0.39 is 18.6 Å². The highest BCUT2D eigenvalue weighted by Gasteiger charge is 2.32. The number of carboxylic acids is 1. The number of rotatable bonds is 8. The molecule has 2 unspecified atom stereocenters. The number of amides is 2. The van der Waals surface area contributed by atoms with Crippen molar-refractivity contribution in [2.24, 2.45) is 0 Å². The van der Waals surface area contributed by atoms with Gasteiger partial charge >= 0.3 is 5.97 Å². The Balaban J connectivity index is 1.96. The zero-order chi connectivity index (χ0) is 19.8. The first-order valence-electron chi connectivity index (χ1n) is 9.46. The maximum Gasteiger partial charge on any atom is 0.341 e. The van der Waals surface area contributed by atoms with Crippen molar-refractivity contribution in [1.82, 2.24) is 10.2 Å². The monoisotopic (exact) mass is 376 g/mol. The molecule has 2 rings (SSSR count). The van der Waals surface area contributed by atoms with Gasteiger partial charge in [-0.05, 0) is 50.3 Å². The lowest BCUT2D eigenvalue weighted by molar-refractivity contribution is -0.142. The molecule has 148 valence electrons. The molecule has 1 heterocycles. The number of carbonyl (C=O) groups excluding carboxylic acids is 2. The SMILES string of the molecule is CCCC(=O)N1CCCCC1C(=O)NC(C)c1ccc(OCC(=O)O)cc1.